The van der Waals surface area contributed by atoms with Crippen LogP contribution >= 0.6 is 0 Å². The summed E-state index contributed by atoms with van der Waals surface area (Å²) in [6, 6.07) is 9.62. The second kappa shape index (κ2) is 5.50. The zero-order valence-corrected chi connectivity index (χ0v) is 11.4. The van der Waals surface area contributed by atoms with Crippen LogP contribution in [0.1, 0.15) is 19.5 Å². The Kier molecular flexibility index (Phi) is 3.97. The molecule has 2 aromatic rings. The van der Waals surface area contributed by atoms with E-state index in [-0.39, 0.29) is 12.5 Å². The minimum Gasteiger partial charge on any atom is -0.381 e. The lowest BCUT2D eigenvalue weighted by molar-refractivity contribution is -0.0746. The summed E-state index contributed by atoms with van der Waals surface area (Å²) < 4.78 is 6.82. The maximum Gasteiger partial charge on any atom is 0.134 e. The number of benzene rings is 1. The molecule has 1 N–H and O–H groups in total. The standard InChI is InChI=1S/C14H19N3O2/c1-11(2)14(18,10-19-3)13-9-15-16-17(13)12-7-5-4-6-8-12/h4-9,11,18H,10H2,1-3H3. The van der Waals surface area contributed by atoms with E-state index in [4.69, 9.17) is 4.74 Å². The molecular formula is C14H19N3O2. The van der Waals surface area contributed by atoms with Gasteiger partial charge in [-0.1, -0.05) is 37.3 Å². The number of para-hydroxylation sites is 1. The fraction of sp³-hybridized carbons (Fsp3) is 0.429. The average Bonchev–Trinajstić information content (AvgIpc) is 2.89. The largest absolute Gasteiger partial charge is 0.381 e. The van der Waals surface area contributed by atoms with Crippen molar-refractivity contribution in [1.29, 1.82) is 0 Å². The molecule has 0 aliphatic heterocycles. The fourth-order valence-corrected chi connectivity index (χ4v) is 2.05. The minimum atomic E-state index is -1.12. The predicted octanol–water partition coefficient (Wildman–Crippen LogP) is 1.76. The van der Waals surface area contributed by atoms with E-state index in [9.17, 15) is 5.11 Å². The van der Waals surface area contributed by atoms with Crippen molar-refractivity contribution in [2.75, 3.05) is 13.7 Å². The van der Waals surface area contributed by atoms with Crippen LogP contribution < -0.4 is 0 Å². The number of hydrogen-bond donors (Lipinski definition) is 1. The second-order valence-electron chi connectivity index (χ2n) is 4.88. The monoisotopic (exact) mass is 261 g/mol. The molecule has 0 aliphatic rings. The second-order valence-corrected chi connectivity index (χ2v) is 4.88. The molecule has 1 aromatic carbocycles. The molecule has 2 rings (SSSR count). The van der Waals surface area contributed by atoms with Crippen molar-refractivity contribution in [2.24, 2.45) is 5.92 Å². The Morgan fingerprint density at radius 1 is 1.32 bits per heavy atom. The number of ether oxygens (including phenoxy) is 1. The van der Waals surface area contributed by atoms with Crippen molar-refractivity contribution >= 4 is 0 Å². The molecule has 19 heavy (non-hydrogen) atoms. The predicted molar refractivity (Wildman–Crippen MR) is 72.0 cm³/mol. The van der Waals surface area contributed by atoms with Crippen LogP contribution in [0.5, 0.6) is 0 Å². The summed E-state index contributed by atoms with van der Waals surface area (Å²) in [6.07, 6.45) is 1.59. The van der Waals surface area contributed by atoms with Gasteiger partial charge < -0.3 is 9.84 Å². The third kappa shape index (κ3) is 2.52. The fourth-order valence-electron chi connectivity index (χ4n) is 2.05. The van der Waals surface area contributed by atoms with Gasteiger partial charge in [0.25, 0.3) is 0 Å². The first kappa shape index (κ1) is 13.7. The highest BCUT2D eigenvalue weighted by molar-refractivity contribution is 5.33. The Balaban J connectivity index is 2.49. The zero-order valence-electron chi connectivity index (χ0n) is 11.4. The van der Waals surface area contributed by atoms with Gasteiger partial charge in [-0.25, -0.2) is 4.68 Å². The highest BCUT2D eigenvalue weighted by atomic mass is 16.5. The summed E-state index contributed by atoms with van der Waals surface area (Å²) in [7, 11) is 1.57. The third-order valence-electron chi connectivity index (χ3n) is 3.31. The molecular weight excluding hydrogens is 242 g/mol. The summed E-state index contributed by atoms with van der Waals surface area (Å²) in [6.45, 7) is 4.09. The lowest BCUT2D eigenvalue weighted by atomic mass is 9.88. The van der Waals surface area contributed by atoms with Gasteiger partial charge in [-0.2, -0.15) is 0 Å². The molecule has 102 valence electrons. The summed E-state index contributed by atoms with van der Waals surface area (Å²) in [5, 5.41) is 18.9. The molecule has 1 atom stereocenters. The molecule has 5 heteroatoms. The molecule has 0 spiro atoms. The van der Waals surface area contributed by atoms with Crippen molar-refractivity contribution in [3.8, 4) is 5.69 Å². The van der Waals surface area contributed by atoms with Gasteiger partial charge in [0.2, 0.25) is 0 Å². The molecule has 0 bridgehead atoms. The molecule has 0 amide bonds. The minimum absolute atomic E-state index is 0.0200. The Morgan fingerprint density at radius 2 is 2.00 bits per heavy atom. The molecule has 5 nitrogen and oxygen atoms in total. The van der Waals surface area contributed by atoms with Gasteiger partial charge in [-0.05, 0) is 18.1 Å². The van der Waals surface area contributed by atoms with Gasteiger partial charge in [-0.3, -0.25) is 0 Å². The van der Waals surface area contributed by atoms with E-state index in [1.165, 1.54) is 0 Å². The van der Waals surface area contributed by atoms with Gasteiger partial charge in [0.05, 0.1) is 24.2 Å². The quantitative estimate of drug-likeness (QED) is 0.891. The number of rotatable bonds is 5. The highest BCUT2D eigenvalue weighted by Crippen LogP contribution is 2.30. The van der Waals surface area contributed by atoms with Crippen LogP contribution in [0.15, 0.2) is 36.5 Å². The number of hydrogen-bond acceptors (Lipinski definition) is 4. The Labute approximate surface area is 112 Å². The van der Waals surface area contributed by atoms with Crippen molar-refractivity contribution in [2.45, 2.75) is 19.4 Å². The van der Waals surface area contributed by atoms with Crippen LogP contribution in [-0.2, 0) is 10.3 Å². The van der Waals surface area contributed by atoms with Crippen LogP contribution in [0.4, 0.5) is 0 Å². The lowest BCUT2D eigenvalue weighted by Crippen LogP contribution is -2.39. The molecule has 0 aliphatic carbocycles. The van der Waals surface area contributed by atoms with E-state index in [0.717, 1.165) is 5.69 Å². The maximum absolute atomic E-state index is 10.9. The summed E-state index contributed by atoms with van der Waals surface area (Å²) in [5.41, 5.74) is 0.384. The number of aromatic nitrogens is 3. The third-order valence-corrected chi connectivity index (χ3v) is 3.31. The summed E-state index contributed by atoms with van der Waals surface area (Å²) >= 11 is 0. The van der Waals surface area contributed by atoms with Gasteiger partial charge in [0.15, 0.2) is 0 Å². The van der Waals surface area contributed by atoms with Crippen LogP contribution in [0.25, 0.3) is 5.69 Å². The van der Waals surface area contributed by atoms with Crippen LogP contribution in [0, 0.1) is 5.92 Å². The van der Waals surface area contributed by atoms with Crippen molar-refractivity contribution in [3.63, 3.8) is 0 Å². The Bertz CT molecular complexity index is 524. The highest BCUT2D eigenvalue weighted by Gasteiger charge is 2.37. The first-order valence-corrected chi connectivity index (χ1v) is 6.27. The van der Waals surface area contributed by atoms with E-state index >= 15 is 0 Å². The van der Waals surface area contributed by atoms with Crippen molar-refractivity contribution in [3.05, 3.63) is 42.2 Å². The molecule has 1 aromatic heterocycles. The zero-order chi connectivity index (χ0) is 13.9. The van der Waals surface area contributed by atoms with Gasteiger partial charge in [0.1, 0.15) is 5.60 Å². The molecule has 0 saturated heterocycles. The average molecular weight is 261 g/mol. The molecule has 1 unspecified atom stereocenters. The number of methoxy groups -OCH3 is 1. The Hall–Kier alpha value is -1.72. The molecule has 0 saturated carbocycles. The SMILES string of the molecule is COCC(O)(c1cnnn1-c1ccccc1)C(C)C. The van der Waals surface area contributed by atoms with E-state index in [2.05, 4.69) is 10.3 Å². The van der Waals surface area contributed by atoms with Crippen LogP contribution in [0.3, 0.4) is 0 Å². The first-order valence-electron chi connectivity index (χ1n) is 6.27. The van der Waals surface area contributed by atoms with E-state index < -0.39 is 5.60 Å². The molecule has 0 fully saturated rings. The number of aliphatic hydroxyl groups is 1. The lowest BCUT2D eigenvalue weighted by Gasteiger charge is -2.31. The van der Waals surface area contributed by atoms with Crippen molar-refractivity contribution < 1.29 is 9.84 Å². The normalized spacial score (nSPS) is 14.6. The first-order chi connectivity index (χ1) is 9.09. The van der Waals surface area contributed by atoms with E-state index in [0.29, 0.717) is 5.69 Å². The van der Waals surface area contributed by atoms with Gasteiger partial charge in [0, 0.05) is 7.11 Å². The van der Waals surface area contributed by atoms with E-state index in [1.807, 2.05) is 44.2 Å². The molecule has 1 heterocycles. The maximum atomic E-state index is 10.9. The van der Waals surface area contributed by atoms with Crippen LogP contribution in [-0.4, -0.2) is 33.8 Å². The van der Waals surface area contributed by atoms with Crippen molar-refractivity contribution in [1.82, 2.24) is 15.0 Å². The number of nitrogens with zero attached hydrogens (tertiary/aromatic N) is 3. The molecule has 0 radical (unpaired) electrons. The van der Waals surface area contributed by atoms with Crippen LogP contribution in [0.2, 0.25) is 0 Å². The van der Waals surface area contributed by atoms with Gasteiger partial charge in [-0.15, -0.1) is 5.10 Å². The summed E-state index contributed by atoms with van der Waals surface area (Å²) in [4.78, 5) is 0. The topological polar surface area (TPSA) is 60.2 Å². The Morgan fingerprint density at radius 3 is 2.58 bits per heavy atom. The smallest absolute Gasteiger partial charge is 0.134 e. The summed E-state index contributed by atoms with van der Waals surface area (Å²) in [5.74, 6) is -0.0200. The van der Waals surface area contributed by atoms with E-state index in [1.54, 1.807) is 18.0 Å². The van der Waals surface area contributed by atoms with Gasteiger partial charge >= 0.3 is 0 Å².